The molecule has 0 amide bonds. The van der Waals surface area contributed by atoms with Crippen LogP contribution in [0.15, 0.2) is 46.9 Å². The minimum Gasteiger partial charge on any atom is -0.508 e. The molecular formula is C15H10BrFO3. The van der Waals surface area contributed by atoms with Crippen molar-refractivity contribution >= 4 is 33.5 Å². The molecule has 0 aliphatic rings. The lowest BCUT2D eigenvalue weighted by molar-refractivity contribution is -0.130. The molecule has 102 valence electrons. The van der Waals surface area contributed by atoms with Crippen LogP contribution >= 0.6 is 15.9 Å². The van der Waals surface area contributed by atoms with Gasteiger partial charge in [0.25, 0.3) is 0 Å². The monoisotopic (exact) mass is 336 g/mol. The zero-order valence-electron chi connectivity index (χ0n) is 10.2. The molecule has 0 heterocycles. The third-order valence-corrected chi connectivity index (χ3v) is 3.31. The number of halogens is 2. The van der Waals surface area contributed by atoms with Gasteiger partial charge in [0.05, 0.1) is 5.57 Å². The van der Waals surface area contributed by atoms with E-state index in [-0.39, 0.29) is 17.1 Å². The first-order chi connectivity index (χ1) is 9.47. The SMILES string of the molecule is O=C(O)C(=Cc1ccc(F)cc1)c1ccc(O)cc1Br. The predicted octanol–water partition coefficient (Wildman–Crippen LogP) is 3.92. The molecule has 0 aliphatic heterocycles. The lowest BCUT2D eigenvalue weighted by Gasteiger charge is -2.06. The van der Waals surface area contributed by atoms with Crippen LogP contribution in [0.4, 0.5) is 4.39 Å². The molecule has 3 nitrogen and oxygen atoms in total. The zero-order chi connectivity index (χ0) is 14.7. The standard InChI is InChI=1S/C15H10BrFO3/c16-14-8-11(18)5-6-12(14)13(15(19)20)7-9-1-3-10(17)4-2-9/h1-8,18H,(H,19,20). The van der Waals surface area contributed by atoms with Gasteiger partial charge in [-0.3, -0.25) is 0 Å². The summed E-state index contributed by atoms with van der Waals surface area (Å²) in [6.45, 7) is 0. The molecule has 0 unspecified atom stereocenters. The molecule has 0 fully saturated rings. The summed E-state index contributed by atoms with van der Waals surface area (Å²) < 4.78 is 13.3. The van der Waals surface area contributed by atoms with Crippen molar-refractivity contribution in [2.24, 2.45) is 0 Å². The van der Waals surface area contributed by atoms with Crippen molar-refractivity contribution in [3.63, 3.8) is 0 Å². The molecule has 0 spiro atoms. The van der Waals surface area contributed by atoms with E-state index in [0.717, 1.165) is 0 Å². The number of hydrogen-bond donors (Lipinski definition) is 2. The highest BCUT2D eigenvalue weighted by atomic mass is 79.9. The summed E-state index contributed by atoms with van der Waals surface area (Å²) in [5.41, 5.74) is 1.05. The van der Waals surface area contributed by atoms with Gasteiger partial charge in [0.1, 0.15) is 11.6 Å². The second-order valence-corrected chi connectivity index (χ2v) is 4.93. The first-order valence-corrected chi connectivity index (χ1v) is 6.46. The number of phenolic OH excluding ortho intramolecular Hbond substituents is 1. The van der Waals surface area contributed by atoms with E-state index in [1.165, 1.54) is 48.5 Å². The Hall–Kier alpha value is -2.14. The van der Waals surface area contributed by atoms with E-state index in [1.54, 1.807) is 0 Å². The van der Waals surface area contributed by atoms with E-state index >= 15 is 0 Å². The number of aromatic hydroxyl groups is 1. The Labute approximate surface area is 123 Å². The lowest BCUT2D eigenvalue weighted by atomic mass is 10.0. The van der Waals surface area contributed by atoms with Gasteiger partial charge < -0.3 is 10.2 Å². The average Bonchev–Trinajstić information content (AvgIpc) is 2.39. The van der Waals surface area contributed by atoms with Crippen molar-refractivity contribution in [3.8, 4) is 5.75 Å². The van der Waals surface area contributed by atoms with Crippen LogP contribution in [-0.2, 0) is 4.79 Å². The zero-order valence-corrected chi connectivity index (χ0v) is 11.8. The van der Waals surface area contributed by atoms with Crippen LogP contribution in [0.1, 0.15) is 11.1 Å². The number of aliphatic carboxylic acids is 1. The van der Waals surface area contributed by atoms with Crippen LogP contribution in [0.25, 0.3) is 11.6 Å². The smallest absolute Gasteiger partial charge is 0.336 e. The van der Waals surface area contributed by atoms with Gasteiger partial charge in [-0.1, -0.05) is 28.1 Å². The fourth-order valence-electron chi connectivity index (χ4n) is 1.70. The third kappa shape index (κ3) is 3.24. The summed E-state index contributed by atoms with van der Waals surface area (Å²) >= 11 is 3.22. The van der Waals surface area contributed by atoms with Gasteiger partial charge in [-0.25, -0.2) is 9.18 Å². The van der Waals surface area contributed by atoms with Crippen LogP contribution in [0.5, 0.6) is 5.75 Å². The van der Waals surface area contributed by atoms with Gasteiger partial charge in [0, 0.05) is 10.0 Å². The molecule has 20 heavy (non-hydrogen) atoms. The summed E-state index contributed by atoms with van der Waals surface area (Å²) in [4.78, 5) is 11.4. The lowest BCUT2D eigenvalue weighted by Crippen LogP contribution is -2.00. The van der Waals surface area contributed by atoms with Crippen molar-refractivity contribution in [2.45, 2.75) is 0 Å². The fraction of sp³-hybridized carbons (Fsp3) is 0. The first kappa shape index (κ1) is 14.3. The quantitative estimate of drug-likeness (QED) is 0.659. The highest BCUT2D eigenvalue weighted by Crippen LogP contribution is 2.29. The second kappa shape index (κ2) is 5.88. The topological polar surface area (TPSA) is 57.5 Å². The highest BCUT2D eigenvalue weighted by molar-refractivity contribution is 9.10. The summed E-state index contributed by atoms with van der Waals surface area (Å²) in [7, 11) is 0. The fourth-order valence-corrected chi connectivity index (χ4v) is 2.28. The summed E-state index contributed by atoms with van der Waals surface area (Å²) in [6, 6.07) is 9.83. The number of benzene rings is 2. The number of carboxylic acids is 1. The van der Waals surface area contributed by atoms with Gasteiger partial charge in [-0.2, -0.15) is 0 Å². The predicted molar refractivity (Wildman–Crippen MR) is 77.7 cm³/mol. The molecule has 2 rings (SSSR count). The summed E-state index contributed by atoms with van der Waals surface area (Å²) in [6.07, 6.45) is 1.44. The maximum atomic E-state index is 12.8. The maximum Gasteiger partial charge on any atom is 0.336 e. The molecule has 0 saturated heterocycles. The Bertz CT molecular complexity index is 678. The minimum atomic E-state index is -1.11. The molecular weight excluding hydrogens is 327 g/mol. The van der Waals surface area contributed by atoms with Crippen molar-refractivity contribution < 1.29 is 19.4 Å². The molecule has 0 atom stereocenters. The Kier molecular flexibility index (Phi) is 4.20. The largest absolute Gasteiger partial charge is 0.508 e. The van der Waals surface area contributed by atoms with E-state index in [2.05, 4.69) is 15.9 Å². The minimum absolute atomic E-state index is 0.0344. The van der Waals surface area contributed by atoms with Crippen LogP contribution in [0.2, 0.25) is 0 Å². The number of carbonyl (C=O) groups is 1. The highest BCUT2D eigenvalue weighted by Gasteiger charge is 2.14. The number of hydrogen-bond acceptors (Lipinski definition) is 2. The molecule has 0 saturated carbocycles. The van der Waals surface area contributed by atoms with E-state index in [0.29, 0.717) is 15.6 Å². The van der Waals surface area contributed by atoms with Crippen molar-refractivity contribution in [3.05, 3.63) is 63.9 Å². The van der Waals surface area contributed by atoms with Crippen molar-refractivity contribution in [1.29, 1.82) is 0 Å². The van der Waals surface area contributed by atoms with Crippen molar-refractivity contribution in [1.82, 2.24) is 0 Å². The van der Waals surface area contributed by atoms with Crippen LogP contribution in [0, 0.1) is 5.82 Å². The van der Waals surface area contributed by atoms with E-state index in [1.807, 2.05) is 0 Å². The normalized spacial score (nSPS) is 11.4. The molecule has 0 aliphatic carbocycles. The first-order valence-electron chi connectivity index (χ1n) is 5.67. The van der Waals surface area contributed by atoms with Crippen LogP contribution in [-0.4, -0.2) is 16.2 Å². The Morgan fingerprint density at radius 2 is 1.80 bits per heavy atom. The van der Waals surface area contributed by atoms with Gasteiger partial charge in [0.2, 0.25) is 0 Å². The molecule has 2 N–H and O–H groups in total. The average molecular weight is 337 g/mol. The number of carboxylic acid groups (broad SMARTS) is 1. The molecule has 2 aromatic carbocycles. The summed E-state index contributed by atoms with van der Waals surface area (Å²) in [5.74, 6) is -1.46. The van der Waals surface area contributed by atoms with E-state index < -0.39 is 5.97 Å². The molecule has 2 aromatic rings. The Morgan fingerprint density at radius 3 is 2.35 bits per heavy atom. The van der Waals surface area contributed by atoms with E-state index in [9.17, 15) is 19.4 Å². The summed E-state index contributed by atoms with van der Waals surface area (Å²) in [5, 5.41) is 18.7. The van der Waals surface area contributed by atoms with Gasteiger partial charge in [-0.15, -0.1) is 0 Å². The van der Waals surface area contributed by atoms with Gasteiger partial charge in [-0.05, 0) is 42.0 Å². The van der Waals surface area contributed by atoms with Gasteiger partial charge in [0.15, 0.2) is 0 Å². The third-order valence-electron chi connectivity index (χ3n) is 2.65. The van der Waals surface area contributed by atoms with Gasteiger partial charge >= 0.3 is 5.97 Å². The second-order valence-electron chi connectivity index (χ2n) is 4.08. The Balaban J connectivity index is 2.51. The molecule has 0 radical (unpaired) electrons. The van der Waals surface area contributed by atoms with Crippen molar-refractivity contribution in [2.75, 3.05) is 0 Å². The maximum absolute atomic E-state index is 12.8. The molecule has 0 bridgehead atoms. The van der Waals surface area contributed by atoms with Crippen LogP contribution in [0.3, 0.4) is 0 Å². The van der Waals surface area contributed by atoms with E-state index in [4.69, 9.17) is 0 Å². The number of rotatable bonds is 3. The Morgan fingerprint density at radius 1 is 1.15 bits per heavy atom. The number of phenols is 1. The van der Waals surface area contributed by atoms with Crippen LogP contribution < -0.4 is 0 Å². The molecule has 0 aromatic heterocycles. The molecule has 5 heteroatoms.